The Kier molecular flexibility index (Phi) is 3.81. The van der Waals surface area contributed by atoms with Gasteiger partial charge in [0, 0.05) is 22.1 Å². The van der Waals surface area contributed by atoms with Crippen LogP contribution in [0.25, 0.3) is 22.0 Å². The van der Waals surface area contributed by atoms with E-state index in [9.17, 15) is 0 Å². The lowest BCUT2D eigenvalue weighted by Gasteiger charge is -2.18. The number of fused-ring (bicyclic) bond motifs is 6. The van der Waals surface area contributed by atoms with Crippen molar-refractivity contribution in [3.63, 3.8) is 0 Å². The van der Waals surface area contributed by atoms with Crippen molar-refractivity contribution in [3.05, 3.63) is 126 Å². The third-order valence-electron chi connectivity index (χ3n) is 6.46. The van der Waals surface area contributed by atoms with Crippen LogP contribution in [0.4, 0.5) is 14.8 Å². The minimum Gasteiger partial charge on any atom is -0.0622 e. The Labute approximate surface area is 194 Å². The summed E-state index contributed by atoms with van der Waals surface area (Å²) in [6.07, 6.45) is 0. The van der Waals surface area contributed by atoms with Crippen molar-refractivity contribution in [2.24, 2.45) is 4.99 Å². The number of hydrogen-bond donors (Lipinski definition) is 0. The summed E-state index contributed by atoms with van der Waals surface area (Å²) in [5.74, 6) is 0.490. The van der Waals surface area contributed by atoms with Crippen LogP contribution in [-0.2, 0) is 0 Å². The molecule has 0 bridgehead atoms. The Bertz CT molecular complexity index is 1670. The molecule has 0 saturated heterocycles. The first-order chi connectivity index (χ1) is 16.7. The molecule has 0 fully saturated rings. The van der Waals surface area contributed by atoms with Gasteiger partial charge in [-0.05, 0) is 27.9 Å². The maximum atomic E-state index is 16.8. The molecule has 4 aromatic carbocycles. The number of aliphatic imine (C=N–C) groups is 1. The number of halogens is 2. The van der Waals surface area contributed by atoms with E-state index in [0.717, 1.165) is 20.3 Å². The molecule has 5 aromatic rings. The van der Waals surface area contributed by atoms with Gasteiger partial charge in [0.15, 0.2) is 0 Å². The van der Waals surface area contributed by atoms with Crippen LogP contribution < -0.4 is 5.15 Å². The predicted octanol–water partition coefficient (Wildman–Crippen LogP) is 6.39. The summed E-state index contributed by atoms with van der Waals surface area (Å²) in [7, 11) is 0. The van der Waals surface area contributed by atoms with Crippen LogP contribution in [0, 0.1) is 0 Å². The number of hydrogen-bond acceptors (Lipinski definition) is 1. The molecule has 0 atom stereocenters. The number of nitrogens with zero attached hydrogens (tertiary/aromatic N) is 4. The van der Waals surface area contributed by atoms with Gasteiger partial charge in [0.05, 0.1) is 15.6 Å². The van der Waals surface area contributed by atoms with Gasteiger partial charge in [0.2, 0.25) is 5.71 Å². The summed E-state index contributed by atoms with van der Waals surface area (Å²) in [5.41, 5.74) is 3.71. The van der Waals surface area contributed by atoms with Gasteiger partial charge in [-0.1, -0.05) is 91.0 Å². The molecule has 6 heteroatoms. The first-order valence-electron chi connectivity index (χ1n) is 11.1. The van der Waals surface area contributed by atoms with Gasteiger partial charge in [-0.15, -0.1) is 0 Å². The molecule has 0 spiro atoms. The van der Waals surface area contributed by atoms with E-state index in [0.29, 0.717) is 33.5 Å². The lowest BCUT2D eigenvalue weighted by atomic mass is 10.0. The van der Waals surface area contributed by atoms with Crippen LogP contribution in [0.3, 0.4) is 0 Å². The zero-order valence-corrected chi connectivity index (χ0v) is 17.9. The van der Waals surface area contributed by atoms with Crippen molar-refractivity contribution in [1.29, 1.82) is 0 Å². The largest absolute Gasteiger partial charge is 0.394 e. The number of amidine groups is 1. The van der Waals surface area contributed by atoms with Gasteiger partial charge in [-0.25, -0.2) is 0 Å². The van der Waals surface area contributed by atoms with Crippen molar-refractivity contribution < 1.29 is 13.6 Å². The summed E-state index contributed by atoms with van der Waals surface area (Å²) in [4.78, 5) is 4.88. The normalized spacial score (nSPS) is 15.6. The molecule has 0 radical (unpaired) electrons. The molecule has 0 saturated carbocycles. The molecule has 2 aliphatic heterocycles. The highest BCUT2D eigenvalue weighted by molar-refractivity contribution is 6.22. The smallest absolute Gasteiger partial charge is 0.0622 e. The molecule has 0 aliphatic carbocycles. The van der Waals surface area contributed by atoms with Crippen molar-refractivity contribution in [3.8, 4) is 11.3 Å². The highest BCUT2D eigenvalue weighted by atomic mass is 19.4. The fourth-order valence-electron chi connectivity index (χ4n) is 5.06. The third kappa shape index (κ3) is 2.43. The van der Waals surface area contributed by atoms with E-state index in [1.165, 1.54) is 0 Å². The molecule has 7 rings (SSSR count). The average Bonchev–Trinajstić information content (AvgIpc) is 3.40. The topological polar surface area (TPSA) is 20.3 Å². The van der Waals surface area contributed by atoms with Gasteiger partial charge >= 0.3 is 16.8 Å². The Morgan fingerprint density at radius 2 is 1.18 bits per heavy atom. The zero-order chi connectivity index (χ0) is 22.9. The number of quaternary nitrogens is 1. The van der Waals surface area contributed by atoms with E-state index in [2.05, 4.69) is 0 Å². The number of benzene rings is 4. The number of aromatic nitrogens is 1. The minimum atomic E-state index is -2.52. The fraction of sp³-hybridized carbons (Fsp3) is 0. The Balaban J connectivity index is 1.65. The second kappa shape index (κ2) is 6.79. The lowest BCUT2D eigenvalue weighted by molar-refractivity contribution is -0.735. The fourth-order valence-corrected chi connectivity index (χ4v) is 5.06. The van der Waals surface area contributed by atoms with E-state index < -0.39 is 5.15 Å². The SMILES string of the molecule is F[N+]1(F)n2c(c3ccccc3c2-c2ccccc2)N=C2c3ccccc3C(c3ccccc3)=[N+]21. The van der Waals surface area contributed by atoms with Crippen LogP contribution in [0.1, 0.15) is 16.7 Å². The first-order valence-corrected chi connectivity index (χ1v) is 11.1. The van der Waals surface area contributed by atoms with Gasteiger partial charge in [-0.2, -0.15) is 0 Å². The first kappa shape index (κ1) is 19.1. The summed E-state index contributed by atoms with van der Waals surface area (Å²) in [6.45, 7) is 0. The van der Waals surface area contributed by atoms with Crippen molar-refractivity contribution in [2.75, 3.05) is 0 Å². The van der Waals surface area contributed by atoms with Gasteiger partial charge in [0.25, 0.3) is 0 Å². The summed E-state index contributed by atoms with van der Waals surface area (Å²) in [5, 5.41) is -1.09. The third-order valence-corrected chi connectivity index (χ3v) is 6.46. The van der Waals surface area contributed by atoms with Crippen LogP contribution >= 0.6 is 0 Å². The summed E-state index contributed by atoms with van der Waals surface area (Å²) >= 11 is 0. The van der Waals surface area contributed by atoms with Crippen molar-refractivity contribution in [2.45, 2.75) is 0 Å². The van der Waals surface area contributed by atoms with Crippen LogP contribution in [0.2, 0.25) is 0 Å². The Morgan fingerprint density at radius 1 is 0.618 bits per heavy atom. The molecular formula is C28H18F2N4+2. The Morgan fingerprint density at radius 3 is 1.88 bits per heavy atom. The summed E-state index contributed by atoms with van der Waals surface area (Å²) < 4.78 is 35.6. The maximum absolute atomic E-state index is 16.8. The maximum Gasteiger partial charge on any atom is 0.394 e. The molecule has 4 nitrogen and oxygen atoms in total. The highest BCUT2D eigenvalue weighted by Gasteiger charge is 2.61. The second-order valence-electron chi connectivity index (χ2n) is 8.36. The van der Waals surface area contributed by atoms with E-state index in [1.54, 1.807) is 0 Å². The highest BCUT2D eigenvalue weighted by Crippen LogP contribution is 2.45. The molecule has 2 aliphatic rings. The van der Waals surface area contributed by atoms with E-state index in [-0.39, 0.29) is 11.7 Å². The second-order valence-corrected chi connectivity index (χ2v) is 8.36. The predicted molar refractivity (Wildman–Crippen MR) is 130 cm³/mol. The van der Waals surface area contributed by atoms with E-state index in [4.69, 9.17) is 4.99 Å². The zero-order valence-electron chi connectivity index (χ0n) is 17.9. The average molecular weight is 448 g/mol. The standard InChI is InChI=1S/C28H18F2N4/c29-34(30)32-25(19-11-3-1-4-12-19)21-15-7-9-17-23(21)27(32)31-28-24-18-10-8-16-22(24)26(33(28)34)20-13-5-2-6-14-20/h1-18H/q+2. The number of rotatable bonds is 2. The van der Waals surface area contributed by atoms with Gasteiger partial charge < -0.3 is 0 Å². The molecule has 0 N–H and O–H groups in total. The molecule has 0 amide bonds. The van der Waals surface area contributed by atoms with E-state index >= 15 is 8.96 Å². The molecule has 162 valence electrons. The quantitative estimate of drug-likeness (QED) is 0.220. The minimum absolute atomic E-state index is 0.245. The van der Waals surface area contributed by atoms with Gasteiger partial charge in [0.1, 0.15) is 14.7 Å². The van der Waals surface area contributed by atoms with Crippen LogP contribution in [0.15, 0.2) is 114 Å². The van der Waals surface area contributed by atoms with E-state index in [1.807, 2.05) is 109 Å². The van der Waals surface area contributed by atoms with Crippen LogP contribution in [-0.4, -0.2) is 20.9 Å². The molecule has 1 aromatic heterocycles. The van der Waals surface area contributed by atoms with Crippen molar-refractivity contribution >= 4 is 28.1 Å². The molecule has 3 heterocycles. The van der Waals surface area contributed by atoms with Crippen LogP contribution in [0.5, 0.6) is 0 Å². The van der Waals surface area contributed by atoms with Crippen molar-refractivity contribution in [1.82, 2.24) is 9.82 Å². The lowest BCUT2D eigenvalue weighted by Crippen LogP contribution is -2.56. The molecule has 34 heavy (non-hydrogen) atoms. The Hall–Kier alpha value is -4.42. The molecule has 0 unspecified atom stereocenters. The monoisotopic (exact) mass is 448 g/mol. The molecular weight excluding hydrogens is 430 g/mol. The van der Waals surface area contributed by atoms with Gasteiger partial charge in [-0.3, -0.25) is 0 Å². The summed E-state index contributed by atoms with van der Waals surface area (Å²) in [6, 6.07) is 33.6.